The van der Waals surface area contributed by atoms with Crippen LogP contribution in [0.15, 0.2) is 30.3 Å². The highest BCUT2D eigenvalue weighted by atomic mass is 32.2. The van der Waals surface area contributed by atoms with Gasteiger partial charge in [-0.05, 0) is 24.8 Å². The Hall–Kier alpha value is -1.40. The lowest BCUT2D eigenvalue weighted by Gasteiger charge is -2.30. The predicted molar refractivity (Wildman–Crippen MR) is 92.8 cm³/mol. The van der Waals surface area contributed by atoms with E-state index < -0.39 is 10.8 Å². The van der Waals surface area contributed by atoms with E-state index in [1.807, 2.05) is 25.1 Å². The van der Waals surface area contributed by atoms with Crippen molar-refractivity contribution in [1.29, 1.82) is 0 Å². The van der Waals surface area contributed by atoms with Gasteiger partial charge in [0.1, 0.15) is 0 Å². The number of benzene rings is 1. The summed E-state index contributed by atoms with van der Waals surface area (Å²) in [5.74, 6) is 0. The van der Waals surface area contributed by atoms with E-state index in [-0.39, 0.29) is 23.4 Å². The Morgan fingerprint density at radius 2 is 2.13 bits per heavy atom. The zero-order valence-corrected chi connectivity index (χ0v) is 14.6. The highest BCUT2D eigenvalue weighted by Gasteiger charge is 2.24. The van der Waals surface area contributed by atoms with Crippen LogP contribution in [0.4, 0.5) is 4.79 Å². The van der Waals surface area contributed by atoms with Gasteiger partial charge in [0.05, 0.1) is 6.10 Å². The molecular weight excluding hydrogens is 312 g/mol. The number of urea groups is 1. The van der Waals surface area contributed by atoms with Gasteiger partial charge in [-0.1, -0.05) is 37.3 Å². The molecule has 4 atom stereocenters. The number of carbonyl (C=O) groups excluding carboxylic acids is 1. The van der Waals surface area contributed by atoms with Crippen molar-refractivity contribution in [1.82, 2.24) is 10.6 Å². The molecule has 0 unspecified atom stereocenters. The van der Waals surface area contributed by atoms with Gasteiger partial charge in [-0.2, -0.15) is 0 Å². The van der Waals surface area contributed by atoms with Crippen molar-refractivity contribution < 1.29 is 13.7 Å². The Kier molecular flexibility index (Phi) is 7.05. The molecule has 2 N–H and O–H groups in total. The monoisotopic (exact) mass is 338 g/mol. The van der Waals surface area contributed by atoms with E-state index >= 15 is 0 Å². The van der Waals surface area contributed by atoms with Crippen LogP contribution in [0.25, 0.3) is 0 Å². The summed E-state index contributed by atoms with van der Waals surface area (Å²) < 4.78 is 17.1. The Labute approximate surface area is 140 Å². The largest absolute Gasteiger partial charge is 0.373 e. The van der Waals surface area contributed by atoms with Gasteiger partial charge >= 0.3 is 6.03 Å². The topological polar surface area (TPSA) is 67.4 Å². The summed E-state index contributed by atoms with van der Waals surface area (Å²) in [6, 6.07) is 10.1. The highest BCUT2D eigenvalue weighted by molar-refractivity contribution is 7.84. The first-order valence-corrected chi connectivity index (χ1v) is 9.71. The lowest BCUT2D eigenvalue weighted by Crippen LogP contribution is -2.45. The number of amides is 2. The molecule has 128 valence electrons. The quantitative estimate of drug-likeness (QED) is 0.837. The summed E-state index contributed by atoms with van der Waals surface area (Å²) in [4.78, 5) is 12.0. The van der Waals surface area contributed by atoms with Gasteiger partial charge in [0.15, 0.2) is 0 Å². The molecule has 5 nitrogen and oxygen atoms in total. The molecule has 1 heterocycles. The van der Waals surface area contributed by atoms with Gasteiger partial charge in [0, 0.05) is 41.5 Å². The molecule has 1 aliphatic rings. The second kappa shape index (κ2) is 9.03. The Morgan fingerprint density at radius 3 is 2.83 bits per heavy atom. The fourth-order valence-corrected chi connectivity index (χ4v) is 3.07. The SMILES string of the molecule is C[C@H](CCNC(=O)N[C@@H]1CCO[C@H](c2ccccc2)C1)[S@](C)=O. The Morgan fingerprint density at radius 1 is 1.39 bits per heavy atom. The van der Waals surface area contributed by atoms with Crippen LogP contribution in [0.1, 0.15) is 37.9 Å². The molecule has 23 heavy (non-hydrogen) atoms. The second-order valence-corrected chi connectivity index (χ2v) is 7.79. The molecule has 1 aliphatic heterocycles. The third kappa shape index (κ3) is 5.95. The maximum atomic E-state index is 12.0. The molecule has 1 aromatic rings. The van der Waals surface area contributed by atoms with Crippen molar-refractivity contribution >= 4 is 16.8 Å². The van der Waals surface area contributed by atoms with Crippen LogP contribution in [0.5, 0.6) is 0 Å². The van der Waals surface area contributed by atoms with E-state index in [2.05, 4.69) is 22.8 Å². The van der Waals surface area contributed by atoms with Crippen LogP contribution < -0.4 is 10.6 Å². The van der Waals surface area contributed by atoms with Crippen LogP contribution in [0, 0.1) is 0 Å². The number of hydrogen-bond acceptors (Lipinski definition) is 3. The van der Waals surface area contributed by atoms with E-state index in [4.69, 9.17) is 4.74 Å². The molecule has 1 aromatic carbocycles. The third-order valence-corrected chi connectivity index (χ3v) is 5.56. The normalized spacial score (nSPS) is 23.7. The molecule has 1 fully saturated rings. The highest BCUT2D eigenvalue weighted by Crippen LogP contribution is 2.27. The molecular formula is C17H26N2O3S. The summed E-state index contributed by atoms with van der Waals surface area (Å²) >= 11 is 0. The zero-order valence-electron chi connectivity index (χ0n) is 13.8. The van der Waals surface area contributed by atoms with Gasteiger partial charge in [0.25, 0.3) is 0 Å². The van der Waals surface area contributed by atoms with E-state index in [1.165, 1.54) is 0 Å². The zero-order chi connectivity index (χ0) is 16.7. The first kappa shape index (κ1) is 17.9. The number of carbonyl (C=O) groups is 1. The first-order valence-electron chi connectivity index (χ1n) is 8.09. The van der Waals surface area contributed by atoms with Crippen molar-refractivity contribution in [3.05, 3.63) is 35.9 Å². The Balaban J connectivity index is 1.74. The summed E-state index contributed by atoms with van der Waals surface area (Å²) in [6.07, 6.45) is 4.06. The van der Waals surface area contributed by atoms with Crippen LogP contribution in [-0.4, -0.2) is 40.9 Å². The minimum absolute atomic E-state index is 0.0396. The Bertz CT molecular complexity index is 524. The van der Waals surface area contributed by atoms with Crippen molar-refractivity contribution in [2.75, 3.05) is 19.4 Å². The molecule has 1 saturated heterocycles. The van der Waals surface area contributed by atoms with Gasteiger partial charge in [0.2, 0.25) is 0 Å². The first-order chi connectivity index (χ1) is 11.1. The molecule has 0 aliphatic carbocycles. The lowest BCUT2D eigenvalue weighted by atomic mass is 9.97. The summed E-state index contributed by atoms with van der Waals surface area (Å²) in [7, 11) is -0.845. The molecule has 0 saturated carbocycles. The van der Waals surface area contributed by atoms with Crippen LogP contribution in [0.3, 0.4) is 0 Å². The van der Waals surface area contributed by atoms with Crippen LogP contribution in [-0.2, 0) is 15.5 Å². The molecule has 2 amide bonds. The van der Waals surface area contributed by atoms with Gasteiger partial charge in [-0.25, -0.2) is 4.79 Å². The minimum atomic E-state index is -0.845. The number of rotatable bonds is 6. The van der Waals surface area contributed by atoms with Crippen molar-refractivity contribution in [2.45, 2.75) is 43.6 Å². The van der Waals surface area contributed by atoms with Crippen molar-refractivity contribution in [2.24, 2.45) is 0 Å². The second-order valence-electron chi connectivity index (χ2n) is 5.99. The number of ether oxygens (including phenoxy) is 1. The average molecular weight is 338 g/mol. The maximum absolute atomic E-state index is 12.0. The summed E-state index contributed by atoms with van der Waals surface area (Å²) in [5.41, 5.74) is 1.15. The van der Waals surface area contributed by atoms with Gasteiger partial charge < -0.3 is 15.4 Å². The standard InChI is InChI=1S/C17H26N2O3S/c1-13(23(2)21)8-10-18-17(20)19-15-9-11-22-16(12-15)14-6-4-3-5-7-14/h3-7,13,15-16H,8-12H2,1-2H3,(H2,18,19,20)/t13-,15-,16+,23+/m1/s1. The molecule has 0 aromatic heterocycles. The van der Waals surface area contributed by atoms with E-state index in [1.54, 1.807) is 6.26 Å². The van der Waals surface area contributed by atoms with Crippen LogP contribution in [0.2, 0.25) is 0 Å². The lowest BCUT2D eigenvalue weighted by molar-refractivity contribution is 0.00227. The average Bonchev–Trinajstić information content (AvgIpc) is 2.55. The smallest absolute Gasteiger partial charge is 0.315 e. The van der Waals surface area contributed by atoms with Crippen molar-refractivity contribution in [3.63, 3.8) is 0 Å². The summed E-state index contributed by atoms with van der Waals surface area (Å²) in [5, 5.41) is 5.96. The number of nitrogens with one attached hydrogen (secondary N) is 2. The van der Waals surface area contributed by atoms with Gasteiger partial charge in [-0.15, -0.1) is 0 Å². The maximum Gasteiger partial charge on any atom is 0.315 e. The fraction of sp³-hybridized carbons (Fsp3) is 0.588. The minimum Gasteiger partial charge on any atom is -0.373 e. The fourth-order valence-electron chi connectivity index (χ4n) is 2.62. The van der Waals surface area contributed by atoms with Crippen LogP contribution >= 0.6 is 0 Å². The van der Waals surface area contributed by atoms with Crippen molar-refractivity contribution in [3.8, 4) is 0 Å². The molecule has 2 rings (SSSR count). The number of hydrogen-bond donors (Lipinski definition) is 2. The predicted octanol–water partition coefficient (Wildman–Crippen LogP) is 2.36. The summed E-state index contributed by atoms with van der Waals surface area (Å²) in [6.45, 7) is 3.12. The molecule has 0 spiro atoms. The van der Waals surface area contributed by atoms with E-state index in [0.717, 1.165) is 24.8 Å². The van der Waals surface area contributed by atoms with E-state index in [0.29, 0.717) is 13.2 Å². The van der Waals surface area contributed by atoms with E-state index in [9.17, 15) is 9.00 Å². The van der Waals surface area contributed by atoms with Gasteiger partial charge in [-0.3, -0.25) is 4.21 Å². The third-order valence-electron chi connectivity index (χ3n) is 4.19. The molecule has 6 heteroatoms. The molecule has 0 bridgehead atoms. The molecule has 0 radical (unpaired) electrons.